The van der Waals surface area contributed by atoms with Gasteiger partial charge in [0.2, 0.25) is 0 Å². The first kappa shape index (κ1) is 12.2. The molecular weight excluding hydrogens is 244 g/mol. The first-order valence-corrected chi connectivity index (χ1v) is 6.50. The fraction of sp³-hybridized carbons (Fsp3) is 0.429. The molecule has 19 heavy (non-hydrogen) atoms. The molecule has 0 bridgehead atoms. The molecule has 1 N–H and O–H groups in total. The van der Waals surface area contributed by atoms with Crippen LogP contribution in [0.1, 0.15) is 24.6 Å². The molecule has 2 heterocycles. The van der Waals surface area contributed by atoms with Gasteiger partial charge in [-0.2, -0.15) is 0 Å². The molecule has 100 valence electrons. The lowest BCUT2D eigenvalue weighted by molar-refractivity contribution is -0.137. The van der Waals surface area contributed by atoms with E-state index in [0.29, 0.717) is 6.61 Å². The minimum Gasteiger partial charge on any atom is -0.480 e. The van der Waals surface area contributed by atoms with Crippen molar-refractivity contribution in [2.75, 3.05) is 13.2 Å². The second-order valence-electron chi connectivity index (χ2n) is 4.85. The molecule has 1 atom stereocenters. The van der Waals surface area contributed by atoms with Crippen LogP contribution in [0.4, 0.5) is 0 Å². The van der Waals surface area contributed by atoms with Crippen LogP contribution in [0.5, 0.6) is 0 Å². The number of fused-ring (bicyclic) bond motifs is 1. The SMILES string of the molecule is O=C(O)Cn1c(C2CCCOC2)nc2ccccc21. The molecule has 1 fully saturated rings. The van der Waals surface area contributed by atoms with E-state index < -0.39 is 5.97 Å². The van der Waals surface area contributed by atoms with E-state index in [-0.39, 0.29) is 12.5 Å². The van der Waals surface area contributed by atoms with Gasteiger partial charge in [-0.15, -0.1) is 0 Å². The first-order chi connectivity index (χ1) is 9.25. The number of carbonyl (C=O) groups is 1. The number of benzene rings is 1. The number of para-hydroxylation sites is 2. The van der Waals surface area contributed by atoms with Gasteiger partial charge in [0.15, 0.2) is 0 Å². The maximum Gasteiger partial charge on any atom is 0.323 e. The van der Waals surface area contributed by atoms with Crippen molar-refractivity contribution in [2.24, 2.45) is 0 Å². The van der Waals surface area contributed by atoms with Crippen LogP contribution in [0.25, 0.3) is 11.0 Å². The molecule has 1 aromatic heterocycles. The Hall–Kier alpha value is -1.88. The van der Waals surface area contributed by atoms with Gasteiger partial charge in [0, 0.05) is 12.5 Å². The molecule has 2 aromatic rings. The Kier molecular flexibility index (Phi) is 3.21. The van der Waals surface area contributed by atoms with Crippen molar-refractivity contribution in [3.8, 4) is 0 Å². The summed E-state index contributed by atoms with van der Waals surface area (Å²) >= 11 is 0. The number of nitrogens with zero attached hydrogens (tertiary/aromatic N) is 2. The fourth-order valence-corrected chi connectivity index (χ4v) is 2.65. The van der Waals surface area contributed by atoms with E-state index in [4.69, 9.17) is 9.84 Å². The highest BCUT2D eigenvalue weighted by Gasteiger charge is 2.23. The van der Waals surface area contributed by atoms with Crippen molar-refractivity contribution in [1.29, 1.82) is 0 Å². The second kappa shape index (κ2) is 5.01. The van der Waals surface area contributed by atoms with Crippen LogP contribution >= 0.6 is 0 Å². The van der Waals surface area contributed by atoms with Crippen LogP contribution in [0, 0.1) is 0 Å². The van der Waals surface area contributed by atoms with Crippen molar-refractivity contribution in [1.82, 2.24) is 9.55 Å². The van der Waals surface area contributed by atoms with Gasteiger partial charge >= 0.3 is 5.97 Å². The number of carboxylic acids is 1. The topological polar surface area (TPSA) is 64.3 Å². The van der Waals surface area contributed by atoms with Crippen LogP contribution in [-0.4, -0.2) is 33.8 Å². The van der Waals surface area contributed by atoms with Crippen molar-refractivity contribution < 1.29 is 14.6 Å². The highest BCUT2D eigenvalue weighted by Crippen LogP contribution is 2.28. The van der Waals surface area contributed by atoms with Crippen LogP contribution in [-0.2, 0) is 16.1 Å². The van der Waals surface area contributed by atoms with Crippen molar-refractivity contribution in [3.05, 3.63) is 30.1 Å². The second-order valence-corrected chi connectivity index (χ2v) is 4.85. The number of imidazole rings is 1. The Balaban J connectivity index is 2.07. The Morgan fingerprint density at radius 3 is 3.05 bits per heavy atom. The lowest BCUT2D eigenvalue weighted by Crippen LogP contribution is -2.21. The molecule has 0 saturated carbocycles. The summed E-state index contributed by atoms with van der Waals surface area (Å²) in [5.74, 6) is 0.185. The summed E-state index contributed by atoms with van der Waals surface area (Å²) in [6.45, 7) is 1.37. The first-order valence-electron chi connectivity index (χ1n) is 6.50. The van der Waals surface area contributed by atoms with E-state index in [9.17, 15) is 4.79 Å². The quantitative estimate of drug-likeness (QED) is 0.917. The highest BCUT2D eigenvalue weighted by molar-refractivity contribution is 5.78. The standard InChI is InChI=1S/C14H16N2O3/c17-13(18)8-16-12-6-2-1-5-11(12)15-14(16)10-4-3-7-19-9-10/h1-2,5-6,10H,3-4,7-9H2,(H,17,18). The average Bonchev–Trinajstić information content (AvgIpc) is 2.78. The zero-order valence-corrected chi connectivity index (χ0v) is 10.6. The molecule has 0 spiro atoms. The Bertz CT molecular complexity index is 600. The van der Waals surface area contributed by atoms with Crippen LogP contribution in [0.15, 0.2) is 24.3 Å². The molecule has 5 nitrogen and oxygen atoms in total. The van der Waals surface area contributed by atoms with Gasteiger partial charge in [-0.1, -0.05) is 12.1 Å². The third-order valence-electron chi connectivity index (χ3n) is 3.50. The summed E-state index contributed by atoms with van der Waals surface area (Å²) in [6, 6.07) is 7.66. The summed E-state index contributed by atoms with van der Waals surface area (Å²) < 4.78 is 7.29. The molecule has 3 rings (SSSR count). The molecule has 1 aliphatic rings. The maximum atomic E-state index is 11.1. The van der Waals surface area contributed by atoms with E-state index in [1.54, 1.807) is 4.57 Å². The van der Waals surface area contributed by atoms with E-state index in [0.717, 1.165) is 36.3 Å². The molecule has 0 amide bonds. The molecule has 1 aromatic carbocycles. The van der Waals surface area contributed by atoms with E-state index in [1.807, 2.05) is 24.3 Å². The van der Waals surface area contributed by atoms with Crippen molar-refractivity contribution in [2.45, 2.75) is 25.3 Å². The molecule has 1 aliphatic heterocycles. The fourth-order valence-electron chi connectivity index (χ4n) is 2.65. The van der Waals surface area contributed by atoms with Gasteiger partial charge in [-0.3, -0.25) is 4.79 Å². The summed E-state index contributed by atoms with van der Waals surface area (Å²) in [5, 5.41) is 9.09. The summed E-state index contributed by atoms with van der Waals surface area (Å²) in [4.78, 5) is 15.7. The minimum absolute atomic E-state index is 0.0493. The van der Waals surface area contributed by atoms with Gasteiger partial charge in [-0.25, -0.2) is 4.98 Å². The van der Waals surface area contributed by atoms with Gasteiger partial charge in [0.25, 0.3) is 0 Å². The molecular formula is C14H16N2O3. The van der Waals surface area contributed by atoms with Gasteiger partial charge in [-0.05, 0) is 25.0 Å². The normalized spacial score (nSPS) is 19.7. The van der Waals surface area contributed by atoms with Gasteiger partial charge < -0.3 is 14.4 Å². The van der Waals surface area contributed by atoms with Crippen molar-refractivity contribution in [3.63, 3.8) is 0 Å². The predicted molar refractivity (Wildman–Crippen MR) is 70.2 cm³/mol. The zero-order valence-electron chi connectivity index (χ0n) is 10.6. The average molecular weight is 260 g/mol. The molecule has 5 heteroatoms. The Labute approximate surface area is 110 Å². The largest absolute Gasteiger partial charge is 0.480 e. The maximum absolute atomic E-state index is 11.1. The number of ether oxygens (including phenoxy) is 1. The number of carboxylic acid groups (broad SMARTS) is 1. The third-order valence-corrected chi connectivity index (χ3v) is 3.50. The molecule has 1 saturated heterocycles. The lowest BCUT2D eigenvalue weighted by atomic mass is 10.0. The minimum atomic E-state index is -0.846. The number of hydrogen-bond donors (Lipinski definition) is 1. The zero-order chi connectivity index (χ0) is 13.2. The summed E-state index contributed by atoms with van der Waals surface area (Å²) in [5.41, 5.74) is 1.73. The number of aromatic nitrogens is 2. The predicted octanol–water partition coefficient (Wildman–Crippen LogP) is 2.01. The van der Waals surface area contributed by atoms with E-state index in [2.05, 4.69) is 4.98 Å². The Morgan fingerprint density at radius 1 is 1.47 bits per heavy atom. The number of aliphatic carboxylic acids is 1. The Morgan fingerprint density at radius 2 is 2.32 bits per heavy atom. The van der Waals surface area contributed by atoms with Crippen molar-refractivity contribution >= 4 is 17.0 Å². The van der Waals surface area contributed by atoms with Crippen LogP contribution < -0.4 is 0 Å². The van der Waals surface area contributed by atoms with E-state index in [1.165, 1.54) is 0 Å². The number of rotatable bonds is 3. The summed E-state index contributed by atoms with van der Waals surface area (Å²) in [6.07, 6.45) is 2.00. The number of hydrogen-bond acceptors (Lipinski definition) is 3. The molecule has 0 aliphatic carbocycles. The molecule has 1 unspecified atom stereocenters. The van der Waals surface area contributed by atoms with Crippen LogP contribution in [0.3, 0.4) is 0 Å². The van der Waals surface area contributed by atoms with Crippen LogP contribution in [0.2, 0.25) is 0 Å². The van der Waals surface area contributed by atoms with Gasteiger partial charge in [0.05, 0.1) is 17.6 Å². The summed E-state index contributed by atoms with van der Waals surface area (Å²) in [7, 11) is 0. The van der Waals surface area contributed by atoms with Gasteiger partial charge in [0.1, 0.15) is 12.4 Å². The smallest absolute Gasteiger partial charge is 0.323 e. The van der Waals surface area contributed by atoms with E-state index >= 15 is 0 Å². The monoisotopic (exact) mass is 260 g/mol. The highest BCUT2D eigenvalue weighted by atomic mass is 16.5. The third kappa shape index (κ3) is 2.33. The lowest BCUT2D eigenvalue weighted by Gasteiger charge is -2.22. The molecule has 0 radical (unpaired) electrons.